The monoisotopic (exact) mass is 335 g/mol. The summed E-state index contributed by atoms with van der Waals surface area (Å²) < 4.78 is 0. The maximum atomic E-state index is 12.8. The van der Waals surface area contributed by atoms with Gasteiger partial charge in [0.05, 0.1) is 27.5 Å². The summed E-state index contributed by atoms with van der Waals surface area (Å²) >= 11 is 0. The highest BCUT2D eigenvalue weighted by Gasteiger charge is 2.29. The maximum absolute atomic E-state index is 12.8. The molecule has 0 aliphatic carbocycles. The van der Waals surface area contributed by atoms with Gasteiger partial charge in [0, 0.05) is 6.07 Å². The fourth-order valence-electron chi connectivity index (χ4n) is 2.65. The van der Waals surface area contributed by atoms with Gasteiger partial charge >= 0.3 is 0 Å². The lowest BCUT2D eigenvalue weighted by molar-refractivity contribution is -0.385. The SMILES string of the molecule is CC1=NN(c2ccc(C)c(C)c2)C(=O)C1=Cc1ccccc1[N+](=O)[O-]. The van der Waals surface area contributed by atoms with Gasteiger partial charge in [0.15, 0.2) is 0 Å². The number of benzene rings is 2. The van der Waals surface area contributed by atoms with Crippen molar-refractivity contribution in [2.24, 2.45) is 5.10 Å². The van der Waals surface area contributed by atoms with Crippen molar-refractivity contribution in [3.8, 4) is 0 Å². The molecule has 1 heterocycles. The highest BCUT2D eigenvalue weighted by molar-refractivity contribution is 6.32. The third-order valence-electron chi connectivity index (χ3n) is 4.23. The topological polar surface area (TPSA) is 75.8 Å². The number of amides is 1. The zero-order chi connectivity index (χ0) is 18.1. The quantitative estimate of drug-likeness (QED) is 0.483. The summed E-state index contributed by atoms with van der Waals surface area (Å²) in [6.45, 7) is 5.69. The lowest BCUT2D eigenvalue weighted by Gasteiger charge is -2.13. The third kappa shape index (κ3) is 3.06. The van der Waals surface area contributed by atoms with Gasteiger partial charge in [-0.05, 0) is 56.2 Å². The first kappa shape index (κ1) is 16.6. The van der Waals surface area contributed by atoms with Gasteiger partial charge in [-0.15, -0.1) is 0 Å². The van der Waals surface area contributed by atoms with Crippen LogP contribution in [0.2, 0.25) is 0 Å². The zero-order valence-electron chi connectivity index (χ0n) is 14.2. The molecular weight excluding hydrogens is 318 g/mol. The Kier molecular flexibility index (Phi) is 4.19. The van der Waals surface area contributed by atoms with E-state index in [1.54, 1.807) is 25.1 Å². The molecule has 3 rings (SSSR count). The van der Waals surface area contributed by atoms with Gasteiger partial charge in [0.2, 0.25) is 0 Å². The average molecular weight is 335 g/mol. The van der Waals surface area contributed by atoms with Crippen LogP contribution < -0.4 is 5.01 Å². The highest BCUT2D eigenvalue weighted by atomic mass is 16.6. The Hall–Kier alpha value is -3.28. The summed E-state index contributed by atoms with van der Waals surface area (Å²) in [7, 11) is 0. The Morgan fingerprint density at radius 3 is 2.48 bits per heavy atom. The van der Waals surface area contributed by atoms with Crippen LogP contribution in [0.1, 0.15) is 23.6 Å². The van der Waals surface area contributed by atoms with E-state index in [9.17, 15) is 14.9 Å². The lowest BCUT2D eigenvalue weighted by Crippen LogP contribution is -2.21. The fourth-order valence-corrected chi connectivity index (χ4v) is 2.65. The number of nitro groups is 1. The average Bonchev–Trinajstić information content (AvgIpc) is 2.86. The number of aryl methyl sites for hydroxylation is 2. The molecule has 1 amide bonds. The Bertz CT molecular complexity index is 945. The normalized spacial score (nSPS) is 15.6. The van der Waals surface area contributed by atoms with Crippen molar-refractivity contribution in [3.63, 3.8) is 0 Å². The molecule has 1 aliphatic rings. The molecule has 0 N–H and O–H groups in total. The predicted molar refractivity (Wildman–Crippen MR) is 97.6 cm³/mol. The molecular formula is C19H17N3O3. The molecule has 0 aromatic heterocycles. The van der Waals surface area contributed by atoms with Crippen LogP contribution in [-0.2, 0) is 4.79 Å². The van der Waals surface area contributed by atoms with Crippen molar-refractivity contribution >= 4 is 29.1 Å². The summed E-state index contributed by atoms with van der Waals surface area (Å²) in [6, 6.07) is 12.0. The van der Waals surface area contributed by atoms with E-state index in [2.05, 4.69) is 5.10 Å². The molecule has 0 saturated heterocycles. The minimum Gasteiger partial charge on any atom is -0.267 e. The van der Waals surface area contributed by atoms with E-state index in [1.165, 1.54) is 17.2 Å². The van der Waals surface area contributed by atoms with Crippen LogP contribution in [-0.4, -0.2) is 16.5 Å². The first-order valence-corrected chi connectivity index (χ1v) is 7.81. The number of nitro benzene ring substituents is 1. The number of hydrogen-bond acceptors (Lipinski definition) is 4. The van der Waals surface area contributed by atoms with Gasteiger partial charge in [0.1, 0.15) is 0 Å². The van der Waals surface area contributed by atoms with Crippen molar-refractivity contribution in [1.82, 2.24) is 0 Å². The molecule has 0 bridgehead atoms. The standard InChI is InChI=1S/C19H17N3O3/c1-12-8-9-16(10-13(12)2)21-19(23)17(14(3)20-21)11-15-6-4-5-7-18(15)22(24)25/h4-11H,1-3H3. The number of hydrogen-bond donors (Lipinski definition) is 0. The van der Waals surface area contributed by atoms with Crippen LogP contribution in [0.3, 0.4) is 0 Å². The number of rotatable bonds is 3. The molecule has 6 heteroatoms. The molecule has 0 spiro atoms. The van der Waals surface area contributed by atoms with E-state index in [4.69, 9.17) is 0 Å². The molecule has 126 valence electrons. The summed E-state index contributed by atoms with van der Waals surface area (Å²) in [5, 5.41) is 16.8. The number of carbonyl (C=O) groups is 1. The van der Waals surface area contributed by atoms with Gasteiger partial charge < -0.3 is 0 Å². The van der Waals surface area contributed by atoms with Gasteiger partial charge in [0.25, 0.3) is 11.6 Å². The molecule has 2 aromatic rings. The number of anilines is 1. The third-order valence-corrected chi connectivity index (χ3v) is 4.23. The maximum Gasteiger partial charge on any atom is 0.280 e. The molecule has 0 atom stereocenters. The number of carbonyl (C=O) groups excluding carboxylic acids is 1. The van der Waals surface area contributed by atoms with E-state index in [0.717, 1.165) is 11.1 Å². The molecule has 2 aromatic carbocycles. The lowest BCUT2D eigenvalue weighted by atomic mass is 10.1. The minimum atomic E-state index is -0.459. The first-order valence-electron chi connectivity index (χ1n) is 7.81. The highest BCUT2D eigenvalue weighted by Crippen LogP contribution is 2.28. The van der Waals surface area contributed by atoms with E-state index < -0.39 is 4.92 Å². The molecule has 0 radical (unpaired) electrons. The molecule has 0 saturated carbocycles. The van der Waals surface area contributed by atoms with Crippen LogP contribution in [0.25, 0.3) is 6.08 Å². The van der Waals surface area contributed by atoms with E-state index >= 15 is 0 Å². The summed E-state index contributed by atoms with van der Waals surface area (Å²) in [5.41, 5.74) is 4.10. The Morgan fingerprint density at radius 2 is 1.80 bits per heavy atom. The van der Waals surface area contributed by atoms with Crippen molar-refractivity contribution in [2.45, 2.75) is 20.8 Å². The Balaban J connectivity index is 2.01. The van der Waals surface area contributed by atoms with E-state index in [1.807, 2.05) is 32.0 Å². The van der Waals surface area contributed by atoms with Crippen molar-refractivity contribution in [1.29, 1.82) is 0 Å². The summed E-state index contributed by atoms with van der Waals surface area (Å²) in [4.78, 5) is 23.5. The predicted octanol–water partition coefficient (Wildman–Crippen LogP) is 4.02. The van der Waals surface area contributed by atoms with Gasteiger partial charge in [-0.25, -0.2) is 0 Å². The number of para-hydroxylation sites is 1. The summed E-state index contributed by atoms with van der Waals surface area (Å²) in [5.74, 6) is -0.293. The Morgan fingerprint density at radius 1 is 1.08 bits per heavy atom. The molecule has 0 unspecified atom stereocenters. The van der Waals surface area contributed by atoms with E-state index in [0.29, 0.717) is 22.5 Å². The van der Waals surface area contributed by atoms with Crippen molar-refractivity contribution < 1.29 is 9.72 Å². The van der Waals surface area contributed by atoms with Crippen molar-refractivity contribution in [2.75, 3.05) is 5.01 Å². The second-order valence-electron chi connectivity index (χ2n) is 5.94. The number of hydrazone groups is 1. The second-order valence-corrected chi connectivity index (χ2v) is 5.94. The van der Waals surface area contributed by atoms with E-state index in [-0.39, 0.29) is 11.6 Å². The van der Waals surface area contributed by atoms with Crippen LogP contribution in [0, 0.1) is 24.0 Å². The summed E-state index contributed by atoms with van der Waals surface area (Å²) in [6.07, 6.45) is 1.53. The van der Waals surface area contributed by atoms with Crippen LogP contribution in [0.15, 0.2) is 53.1 Å². The minimum absolute atomic E-state index is 0.0415. The van der Waals surface area contributed by atoms with Crippen LogP contribution in [0.4, 0.5) is 11.4 Å². The van der Waals surface area contributed by atoms with Crippen LogP contribution in [0.5, 0.6) is 0 Å². The molecule has 25 heavy (non-hydrogen) atoms. The first-order chi connectivity index (χ1) is 11.9. The second kappa shape index (κ2) is 6.32. The molecule has 0 fully saturated rings. The van der Waals surface area contributed by atoms with Gasteiger partial charge in [-0.1, -0.05) is 18.2 Å². The fraction of sp³-hybridized carbons (Fsp3) is 0.158. The molecule has 1 aliphatic heterocycles. The van der Waals surface area contributed by atoms with Crippen molar-refractivity contribution in [3.05, 3.63) is 74.8 Å². The zero-order valence-corrected chi connectivity index (χ0v) is 14.2. The molecule has 6 nitrogen and oxygen atoms in total. The van der Waals surface area contributed by atoms with Crippen LogP contribution >= 0.6 is 0 Å². The number of nitrogens with zero attached hydrogens (tertiary/aromatic N) is 3. The Labute approximate surface area is 145 Å². The largest absolute Gasteiger partial charge is 0.280 e. The van der Waals surface area contributed by atoms with Gasteiger partial charge in [-0.2, -0.15) is 10.1 Å². The van der Waals surface area contributed by atoms with Gasteiger partial charge in [-0.3, -0.25) is 14.9 Å². The smallest absolute Gasteiger partial charge is 0.267 e.